The first-order chi connectivity index (χ1) is 20.4. The fraction of sp³-hybridized carbons (Fsp3) is 0.559. The van der Waals surface area contributed by atoms with E-state index in [1.54, 1.807) is 29.2 Å². The quantitative estimate of drug-likeness (QED) is 0.369. The summed E-state index contributed by atoms with van der Waals surface area (Å²) in [5.41, 5.74) is 0.980. The van der Waals surface area contributed by atoms with Crippen LogP contribution in [0.15, 0.2) is 42.5 Å². The van der Waals surface area contributed by atoms with E-state index in [4.69, 9.17) is 9.47 Å². The molecule has 5 rings (SSSR count). The maximum absolute atomic E-state index is 14.5. The number of anilines is 2. The van der Waals surface area contributed by atoms with E-state index >= 15 is 0 Å². The molecule has 3 unspecified atom stereocenters. The van der Waals surface area contributed by atoms with E-state index in [1.807, 2.05) is 66.7 Å². The van der Waals surface area contributed by atoms with Crippen molar-refractivity contribution < 1.29 is 29.0 Å². The Hall–Kier alpha value is -3.43. The highest BCUT2D eigenvalue weighted by atomic mass is 16.5. The minimum absolute atomic E-state index is 0.0961. The van der Waals surface area contributed by atoms with E-state index < -0.39 is 35.1 Å². The highest BCUT2D eigenvalue weighted by Gasteiger charge is 2.80. The van der Waals surface area contributed by atoms with Gasteiger partial charge in [-0.05, 0) is 93.8 Å². The molecule has 2 bridgehead atoms. The molecular formula is C34H45N3O6. The Labute approximate surface area is 254 Å². The number of amides is 3. The number of hydrogen-bond donors (Lipinski definition) is 3. The van der Waals surface area contributed by atoms with Gasteiger partial charge in [-0.2, -0.15) is 0 Å². The molecule has 3 fully saturated rings. The first-order valence-electron chi connectivity index (χ1n) is 15.4. The van der Waals surface area contributed by atoms with Crippen LogP contribution < -0.4 is 15.4 Å². The number of carbonyl (C=O) groups is 3. The second kappa shape index (κ2) is 11.6. The van der Waals surface area contributed by atoms with Crippen molar-refractivity contribution in [3.05, 3.63) is 53.6 Å². The SMILES string of the molecule is CCOc1ccc(NC(=O)[C@@H]2[C@H]3C(=O)N([C@@H](CO)CC(C)C)C(C(=O)Nc4cc(C)ccc4C)C34CC(C)[C@@]2(C)O4)cc1. The van der Waals surface area contributed by atoms with Crippen LogP contribution in [0.1, 0.15) is 58.6 Å². The van der Waals surface area contributed by atoms with E-state index in [1.165, 1.54) is 0 Å². The fourth-order valence-electron chi connectivity index (χ4n) is 7.68. The lowest BCUT2D eigenvalue weighted by Gasteiger charge is -2.37. The number of benzene rings is 2. The van der Waals surface area contributed by atoms with Crippen molar-refractivity contribution in [2.75, 3.05) is 23.8 Å². The second-order valence-electron chi connectivity index (χ2n) is 13.2. The van der Waals surface area contributed by atoms with Crippen molar-refractivity contribution in [1.82, 2.24) is 4.90 Å². The van der Waals surface area contributed by atoms with E-state index in [2.05, 4.69) is 10.6 Å². The predicted molar refractivity (Wildman–Crippen MR) is 165 cm³/mol. The molecule has 2 aromatic carbocycles. The molecule has 9 heteroatoms. The van der Waals surface area contributed by atoms with Crippen LogP contribution in [0.2, 0.25) is 0 Å². The molecule has 1 spiro atoms. The number of aliphatic hydroxyl groups is 1. The third kappa shape index (κ3) is 5.20. The van der Waals surface area contributed by atoms with Crippen LogP contribution >= 0.6 is 0 Å². The molecule has 3 N–H and O–H groups in total. The maximum atomic E-state index is 14.5. The predicted octanol–water partition coefficient (Wildman–Crippen LogP) is 4.70. The number of aryl methyl sites for hydroxylation is 2. The lowest BCUT2D eigenvalue weighted by atomic mass is 9.62. The van der Waals surface area contributed by atoms with Crippen LogP contribution in [-0.2, 0) is 19.1 Å². The van der Waals surface area contributed by atoms with Crippen molar-refractivity contribution in [2.24, 2.45) is 23.7 Å². The molecule has 0 radical (unpaired) electrons. The Morgan fingerprint density at radius 2 is 1.81 bits per heavy atom. The topological polar surface area (TPSA) is 117 Å². The average molecular weight is 592 g/mol. The van der Waals surface area contributed by atoms with Crippen LogP contribution in [0.3, 0.4) is 0 Å². The van der Waals surface area contributed by atoms with Gasteiger partial charge in [0.25, 0.3) is 0 Å². The molecule has 3 aliphatic rings. The van der Waals surface area contributed by atoms with Gasteiger partial charge in [-0.15, -0.1) is 0 Å². The maximum Gasteiger partial charge on any atom is 0.250 e. The van der Waals surface area contributed by atoms with E-state index in [0.29, 0.717) is 36.6 Å². The first kappa shape index (κ1) is 31.0. The third-order valence-electron chi connectivity index (χ3n) is 9.71. The molecule has 0 aliphatic carbocycles. The van der Waals surface area contributed by atoms with Crippen LogP contribution in [0, 0.1) is 37.5 Å². The Morgan fingerprint density at radius 1 is 1.12 bits per heavy atom. The lowest BCUT2D eigenvalue weighted by Crippen LogP contribution is -2.56. The molecule has 3 amide bonds. The van der Waals surface area contributed by atoms with Crippen LogP contribution in [0.5, 0.6) is 5.75 Å². The van der Waals surface area contributed by atoms with E-state index in [0.717, 1.165) is 11.1 Å². The van der Waals surface area contributed by atoms with Crippen LogP contribution in [-0.4, -0.2) is 64.2 Å². The van der Waals surface area contributed by atoms with Gasteiger partial charge >= 0.3 is 0 Å². The summed E-state index contributed by atoms with van der Waals surface area (Å²) in [4.78, 5) is 44.5. The Bertz CT molecular complexity index is 1390. The number of rotatable bonds is 10. The highest BCUT2D eigenvalue weighted by Crippen LogP contribution is 2.65. The minimum atomic E-state index is -1.21. The molecule has 2 aromatic rings. The average Bonchev–Trinajstić information content (AvgIpc) is 3.47. The number of hydrogen-bond acceptors (Lipinski definition) is 6. The Balaban J connectivity index is 1.55. The smallest absolute Gasteiger partial charge is 0.250 e. The van der Waals surface area contributed by atoms with Gasteiger partial charge in [0.2, 0.25) is 17.7 Å². The second-order valence-corrected chi connectivity index (χ2v) is 13.2. The van der Waals surface area contributed by atoms with E-state index in [-0.39, 0.29) is 36.2 Å². The molecule has 3 heterocycles. The molecule has 0 aromatic heterocycles. The zero-order valence-corrected chi connectivity index (χ0v) is 26.3. The lowest BCUT2D eigenvalue weighted by molar-refractivity contribution is -0.148. The van der Waals surface area contributed by atoms with Gasteiger partial charge in [-0.3, -0.25) is 14.4 Å². The monoisotopic (exact) mass is 591 g/mol. The van der Waals surface area contributed by atoms with Gasteiger partial charge in [-0.25, -0.2) is 0 Å². The minimum Gasteiger partial charge on any atom is -0.494 e. The van der Waals surface area contributed by atoms with Crippen molar-refractivity contribution in [3.8, 4) is 5.75 Å². The first-order valence-corrected chi connectivity index (χ1v) is 15.4. The summed E-state index contributed by atoms with van der Waals surface area (Å²) in [5, 5.41) is 16.6. The molecule has 3 aliphatic heterocycles. The van der Waals surface area contributed by atoms with Crippen LogP contribution in [0.25, 0.3) is 0 Å². The summed E-state index contributed by atoms with van der Waals surface area (Å²) in [6.07, 6.45) is 0.960. The van der Waals surface area contributed by atoms with Gasteiger partial charge in [0.15, 0.2) is 0 Å². The number of aliphatic hydroxyl groups excluding tert-OH is 1. The summed E-state index contributed by atoms with van der Waals surface area (Å²) in [7, 11) is 0. The summed E-state index contributed by atoms with van der Waals surface area (Å²) < 4.78 is 12.4. The van der Waals surface area contributed by atoms with Gasteiger partial charge in [0.05, 0.1) is 36.7 Å². The summed E-state index contributed by atoms with van der Waals surface area (Å²) in [6, 6.07) is 11.3. The number of ether oxygens (including phenoxy) is 2. The van der Waals surface area contributed by atoms with Crippen LogP contribution in [0.4, 0.5) is 11.4 Å². The number of nitrogens with one attached hydrogen (secondary N) is 2. The fourth-order valence-corrected chi connectivity index (χ4v) is 7.68. The third-order valence-corrected chi connectivity index (χ3v) is 9.71. The van der Waals surface area contributed by atoms with Crippen molar-refractivity contribution >= 4 is 29.1 Å². The molecule has 7 atom stereocenters. The zero-order chi connectivity index (χ0) is 31.3. The van der Waals surface area contributed by atoms with Crippen molar-refractivity contribution in [1.29, 1.82) is 0 Å². The van der Waals surface area contributed by atoms with Crippen molar-refractivity contribution in [2.45, 2.75) is 84.6 Å². The normalized spacial score (nSPS) is 30.0. The summed E-state index contributed by atoms with van der Waals surface area (Å²) >= 11 is 0. The number of carbonyl (C=O) groups excluding carboxylic acids is 3. The number of fused-ring (bicyclic) bond motifs is 1. The Morgan fingerprint density at radius 3 is 2.44 bits per heavy atom. The summed E-state index contributed by atoms with van der Waals surface area (Å²) in [5.74, 6) is -1.93. The standard InChI is InChI=1S/C34H45N3O6/c1-8-42-25-13-11-23(12-14-25)35-30(39)27-28-32(41)37(24(18-38)15-19(2)3)29(34(28)17-22(6)33(27,7)43-34)31(40)36-26-16-20(4)9-10-21(26)5/h9-14,16,19,22,24,27-29,38H,8,15,17-18H2,1-7H3,(H,35,39)(H,36,40)/t22?,24-,27+,28+,29?,33-,34?/m1/s1. The molecule has 9 nitrogen and oxygen atoms in total. The van der Waals surface area contributed by atoms with Gasteiger partial charge in [-0.1, -0.05) is 32.9 Å². The van der Waals surface area contributed by atoms with Gasteiger partial charge < -0.3 is 30.1 Å². The zero-order valence-electron chi connectivity index (χ0n) is 26.3. The van der Waals surface area contributed by atoms with Crippen molar-refractivity contribution in [3.63, 3.8) is 0 Å². The molecule has 43 heavy (non-hydrogen) atoms. The number of likely N-dealkylation sites (tertiary alicyclic amines) is 1. The highest BCUT2D eigenvalue weighted by molar-refractivity contribution is 6.05. The molecular weight excluding hydrogens is 546 g/mol. The Kier molecular flexibility index (Phi) is 8.35. The number of nitrogens with zero attached hydrogens (tertiary/aromatic N) is 1. The summed E-state index contributed by atoms with van der Waals surface area (Å²) in [6.45, 7) is 14.0. The van der Waals surface area contributed by atoms with E-state index in [9.17, 15) is 19.5 Å². The molecule has 3 saturated heterocycles. The molecule has 232 valence electrons. The van der Waals surface area contributed by atoms with Gasteiger partial charge in [0.1, 0.15) is 17.4 Å². The molecule has 0 saturated carbocycles. The largest absolute Gasteiger partial charge is 0.494 e. The van der Waals surface area contributed by atoms with Gasteiger partial charge in [0, 0.05) is 11.4 Å².